The van der Waals surface area contributed by atoms with Crippen LogP contribution in [0.5, 0.6) is 0 Å². The quantitative estimate of drug-likeness (QED) is 0.641. The first-order chi connectivity index (χ1) is 8.47. The third-order valence-corrected chi connectivity index (χ3v) is 2.99. The number of amides is 2. The highest BCUT2D eigenvalue weighted by atomic mass is 16.5. The molecule has 1 aliphatic rings. The Morgan fingerprint density at radius 2 is 2.22 bits per heavy atom. The fraction of sp³-hybridized carbons (Fsp3) is 0.818. The smallest absolute Gasteiger partial charge is 0.328 e. The normalized spacial score (nSPS) is 23.3. The van der Waals surface area contributed by atoms with E-state index in [9.17, 15) is 14.7 Å². The molecule has 1 heterocycles. The first-order valence-electron chi connectivity index (χ1n) is 6.03. The summed E-state index contributed by atoms with van der Waals surface area (Å²) >= 11 is 0. The number of morpholine rings is 1. The molecular weight excluding hydrogens is 240 g/mol. The molecule has 1 aliphatic heterocycles. The molecule has 3 atom stereocenters. The van der Waals surface area contributed by atoms with Crippen molar-refractivity contribution in [3.05, 3.63) is 0 Å². The van der Waals surface area contributed by atoms with Crippen LogP contribution in [-0.4, -0.2) is 65.1 Å². The number of aliphatic hydroxyl groups is 1. The molecule has 0 spiro atoms. The number of rotatable bonds is 4. The third kappa shape index (κ3) is 3.58. The number of aliphatic carboxylic acids is 1. The standard InChI is InChI=1S/C11H20N2O5/c1-3-8-6-18-5-4-13(8)11(17)12-9(7(2)14)10(15)16/h7-9,14H,3-6H2,1-2H3,(H,12,17)(H,15,16)/t7-,8?,9+/m1/s1. The molecule has 7 nitrogen and oxygen atoms in total. The van der Waals surface area contributed by atoms with E-state index in [1.807, 2.05) is 6.92 Å². The number of carbonyl (C=O) groups excluding carboxylic acids is 1. The molecule has 0 aromatic rings. The van der Waals surface area contributed by atoms with E-state index in [-0.39, 0.29) is 6.04 Å². The Morgan fingerprint density at radius 1 is 1.56 bits per heavy atom. The summed E-state index contributed by atoms with van der Waals surface area (Å²) in [5, 5.41) is 20.5. The second-order valence-electron chi connectivity index (χ2n) is 4.34. The fourth-order valence-corrected chi connectivity index (χ4v) is 1.87. The van der Waals surface area contributed by atoms with Gasteiger partial charge in [-0.15, -0.1) is 0 Å². The number of nitrogens with one attached hydrogen (secondary N) is 1. The first-order valence-corrected chi connectivity index (χ1v) is 6.03. The lowest BCUT2D eigenvalue weighted by Gasteiger charge is -2.35. The molecule has 0 aromatic carbocycles. The van der Waals surface area contributed by atoms with Crippen LogP contribution >= 0.6 is 0 Å². The van der Waals surface area contributed by atoms with Crippen LogP contribution in [0.1, 0.15) is 20.3 Å². The van der Waals surface area contributed by atoms with Crippen LogP contribution in [0.15, 0.2) is 0 Å². The van der Waals surface area contributed by atoms with Crippen molar-refractivity contribution >= 4 is 12.0 Å². The van der Waals surface area contributed by atoms with E-state index < -0.39 is 24.1 Å². The minimum Gasteiger partial charge on any atom is -0.480 e. The molecule has 0 saturated carbocycles. The minimum atomic E-state index is -1.29. The van der Waals surface area contributed by atoms with Gasteiger partial charge in [-0.2, -0.15) is 0 Å². The van der Waals surface area contributed by atoms with Gasteiger partial charge in [-0.1, -0.05) is 6.92 Å². The second kappa shape index (κ2) is 6.55. The molecule has 0 bridgehead atoms. The minimum absolute atomic E-state index is 0.0535. The van der Waals surface area contributed by atoms with E-state index in [4.69, 9.17) is 9.84 Å². The van der Waals surface area contributed by atoms with Crippen molar-refractivity contribution < 1.29 is 24.5 Å². The summed E-state index contributed by atoms with van der Waals surface area (Å²) in [5.74, 6) is -1.25. The van der Waals surface area contributed by atoms with Crippen LogP contribution in [0.3, 0.4) is 0 Å². The number of carboxylic acids is 1. The van der Waals surface area contributed by atoms with Gasteiger partial charge in [-0.05, 0) is 13.3 Å². The first kappa shape index (κ1) is 14.7. The number of aliphatic hydroxyl groups excluding tert-OH is 1. The Bertz CT molecular complexity index is 308. The van der Waals surface area contributed by atoms with Gasteiger partial charge in [0.25, 0.3) is 0 Å². The van der Waals surface area contributed by atoms with Crippen LogP contribution in [0.25, 0.3) is 0 Å². The number of ether oxygens (including phenoxy) is 1. The molecule has 2 amide bonds. The Balaban J connectivity index is 2.64. The summed E-state index contributed by atoms with van der Waals surface area (Å²) in [5.41, 5.74) is 0. The molecule has 1 saturated heterocycles. The van der Waals surface area contributed by atoms with Crippen LogP contribution in [0.2, 0.25) is 0 Å². The van der Waals surface area contributed by atoms with Gasteiger partial charge in [-0.3, -0.25) is 0 Å². The maximum Gasteiger partial charge on any atom is 0.328 e. The number of nitrogens with zero attached hydrogens (tertiary/aromatic N) is 1. The van der Waals surface area contributed by atoms with Gasteiger partial charge in [0.1, 0.15) is 0 Å². The lowest BCUT2D eigenvalue weighted by Crippen LogP contribution is -2.57. The van der Waals surface area contributed by atoms with Gasteiger partial charge in [0.2, 0.25) is 0 Å². The Kier molecular flexibility index (Phi) is 5.36. The summed E-state index contributed by atoms with van der Waals surface area (Å²) in [4.78, 5) is 24.4. The molecule has 0 aromatic heterocycles. The van der Waals surface area contributed by atoms with E-state index in [1.54, 1.807) is 4.90 Å². The maximum atomic E-state index is 12.0. The van der Waals surface area contributed by atoms with Crippen molar-refractivity contribution in [2.45, 2.75) is 38.5 Å². The molecule has 1 fully saturated rings. The number of carboxylic acid groups (broad SMARTS) is 1. The summed E-state index contributed by atoms with van der Waals surface area (Å²) in [6.45, 7) is 4.59. The Hall–Kier alpha value is -1.34. The number of hydrogen-bond acceptors (Lipinski definition) is 4. The SMILES string of the molecule is CCC1COCCN1C(=O)N[C@H](C(=O)O)[C@@H](C)O. The van der Waals surface area contributed by atoms with Crippen LogP contribution in [0, 0.1) is 0 Å². The van der Waals surface area contributed by atoms with E-state index in [2.05, 4.69) is 5.32 Å². The third-order valence-electron chi connectivity index (χ3n) is 2.99. The fourth-order valence-electron chi connectivity index (χ4n) is 1.87. The molecule has 0 radical (unpaired) electrons. The maximum absolute atomic E-state index is 12.0. The molecule has 1 rings (SSSR count). The van der Waals surface area contributed by atoms with E-state index in [1.165, 1.54) is 6.92 Å². The van der Waals surface area contributed by atoms with Crippen LogP contribution in [0.4, 0.5) is 4.79 Å². The zero-order valence-corrected chi connectivity index (χ0v) is 10.6. The van der Waals surface area contributed by atoms with Crippen LogP contribution in [-0.2, 0) is 9.53 Å². The number of carbonyl (C=O) groups is 2. The lowest BCUT2D eigenvalue weighted by atomic mass is 10.1. The molecule has 7 heteroatoms. The zero-order chi connectivity index (χ0) is 13.7. The second-order valence-corrected chi connectivity index (χ2v) is 4.34. The molecule has 18 heavy (non-hydrogen) atoms. The number of hydrogen-bond donors (Lipinski definition) is 3. The number of urea groups is 1. The van der Waals surface area contributed by atoms with Crippen molar-refractivity contribution in [1.82, 2.24) is 10.2 Å². The highest BCUT2D eigenvalue weighted by Crippen LogP contribution is 2.10. The molecule has 0 aliphatic carbocycles. The Morgan fingerprint density at radius 3 is 2.72 bits per heavy atom. The largest absolute Gasteiger partial charge is 0.480 e. The van der Waals surface area contributed by atoms with Gasteiger partial charge < -0.3 is 25.2 Å². The van der Waals surface area contributed by atoms with Crippen molar-refractivity contribution in [1.29, 1.82) is 0 Å². The molecule has 1 unspecified atom stereocenters. The van der Waals surface area contributed by atoms with Crippen molar-refractivity contribution in [3.8, 4) is 0 Å². The molecule has 104 valence electrons. The van der Waals surface area contributed by atoms with E-state index in [0.717, 1.165) is 6.42 Å². The van der Waals surface area contributed by atoms with Gasteiger partial charge in [-0.25, -0.2) is 9.59 Å². The molecule has 3 N–H and O–H groups in total. The summed E-state index contributed by atoms with van der Waals surface area (Å²) in [6.07, 6.45) is -0.410. The van der Waals surface area contributed by atoms with Gasteiger partial charge >= 0.3 is 12.0 Å². The highest BCUT2D eigenvalue weighted by Gasteiger charge is 2.31. The van der Waals surface area contributed by atoms with Gasteiger partial charge in [0, 0.05) is 6.54 Å². The predicted molar refractivity (Wildman–Crippen MR) is 63.2 cm³/mol. The average molecular weight is 260 g/mol. The van der Waals surface area contributed by atoms with E-state index in [0.29, 0.717) is 19.8 Å². The van der Waals surface area contributed by atoms with Crippen LogP contribution < -0.4 is 5.32 Å². The Labute approximate surface area is 106 Å². The zero-order valence-electron chi connectivity index (χ0n) is 10.6. The summed E-state index contributed by atoms with van der Waals surface area (Å²) < 4.78 is 5.27. The van der Waals surface area contributed by atoms with Gasteiger partial charge in [0.15, 0.2) is 6.04 Å². The highest BCUT2D eigenvalue weighted by molar-refractivity contribution is 5.83. The topological polar surface area (TPSA) is 99.1 Å². The molecular formula is C11H20N2O5. The lowest BCUT2D eigenvalue weighted by molar-refractivity contribution is -0.141. The summed E-state index contributed by atoms with van der Waals surface area (Å²) in [7, 11) is 0. The van der Waals surface area contributed by atoms with Gasteiger partial charge in [0.05, 0.1) is 25.4 Å². The monoisotopic (exact) mass is 260 g/mol. The predicted octanol–water partition coefficient (Wildman–Crippen LogP) is -0.359. The van der Waals surface area contributed by atoms with Crippen molar-refractivity contribution in [2.75, 3.05) is 19.8 Å². The van der Waals surface area contributed by atoms with Crippen molar-refractivity contribution in [3.63, 3.8) is 0 Å². The van der Waals surface area contributed by atoms with E-state index >= 15 is 0 Å². The van der Waals surface area contributed by atoms with Crippen molar-refractivity contribution in [2.24, 2.45) is 0 Å². The average Bonchev–Trinajstić information content (AvgIpc) is 2.34. The summed E-state index contributed by atoms with van der Waals surface area (Å²) in [6, 6.07) is -1.82.